The number of aryl methyl sites for hydroxylation is 1. The van der Waals surface area contributed by atoms with Crippen molar-refractivity contribution in [1.29, 1.82) is 0 Å². The third-order valence-corrected chi connectivity index (χ3v) is 13.1. The highest BCUT2D eigenvalue weighted by Gasteiger charge is 2.70. The molecule has 3 amide bonds. The van der Waals surface area contributed by atoms with Gasteiger partial charge in [0.2, 0.25) is 11.8 Å². The van der Waals surface area contributed by atoms with E-state index in [4.69, 9.17) is 16.3 Å². The number of aromatic nitrogens is 1. The van der Waals surface area contributed by atoms with Crippen molar-refractivity contribution in [3.63, 3.8) is 0 Å². The summed E-state index contributed by atoms with van der Waals surface area (Å²) < 4.78 is 46.8. The molecular weight excluding hydrogens is 699 g/mol. The minimum Gasteiger partial charge on any atom is -0.483 e. The molecule has 4 aromatic rings. The van der Waals surface area contributed by atoms with Crippen LogP contribution in [0.4, 0.5) is 24.5 Å². The second-order valence-corrected chi connectivity index (χ2v) is 15.5. The number of fused-ring (bicyclic) bond motifs is 9. The number of anilines is 2. The minimum absolute atomic E-state index is 0.0938. The van der Waals surface area contributed by atoms with Crippen LogP contribution in [-0.2, 0) is 20.6 Å². The molecule has 49 heavy (non-hydrogen) atoms. The molecule has 3 aromatic carbocycles. The summed E-state index contributed by atoms with van der Waals surface area (Å²) in [6.07, 6.45) is -4.06. The molecule has 3 heterocycles. The minimum atomic E-state index is -4.64. The Hall–Kier alpha value is -4.07. The lowest BCUT2D eigenvalue weighted by Crippen LogP contribution is -2.42. The topological polar surface area (TPSA) is 109 Å². The van der Waals surface area contributed by atoms with Crippen LogP contribution in [0.25, 0.3) is 0 Å². The van der Waals surface area contributed by atoms with Crippen molar-refractivity contribution >= 4 is 63.8 Å². The molecule has 8 nitrogen and oxygen atoms in total. The number of para-hydroxylation sites is 1. The normalized spacial score (nSPS) is 26.8. The Bertz CT molecular complexity index is 2100. The predicted molar refractivity (Wildman–Crippen MR) is 179 cm³/mol. The smallest absolute Gasteiger partial charge is 0.416 e. The first-order valence-electron chi connectivity index (χ1n) is 15.6. The van der Waals surface area contributed by atoms with Crippen molar-refractivity contribution in [3.05, 3.63) is 103 Å². The van der Waals surface area contributed by atoms with Gasteiger partial charge in [-0.05, 0) is 79.1 Å². The number of thiazole rings is 1. The van der Waals surface area contributed by atoms with Crippen LogP contribution in [0.1, 0.15) is 33.9 Å². The summed E-state index contributed by atoms with van der Waals surface area (Å²) in [6.45, 7) is 1.58. The molecule has 14 heteroatoms. The van der Waals surface area contributed by atoms with E-state index >= 15 is 0 Å². The van der Waals surface area contributed by atoms with Gasteiger partial charge in [-0.25, -0.2) is 0 Å². The zero-order chi connectivity index (χ0) is 34.4. The van der Waals surface area contributed by atoms with Crippen molar-refractivity contribution in [1.82, 2.24) is 4.98 Å². The first kappa shape index (κ1) is 32.2. The van der Waals surface area contributed by atoms with Crippen LogP contribution in [0.3, 0.4) is 0 Å². The van der Waals surface area contributed by atoms with E-state index in [1.54, 1.807) is 24.3 Å². The molecule has 1 aromatic heterocycles. The number of imide groups is 1. The maximum atomic E-state index is 14.1. The predicted octanol–water partition coefficient (Wildman–Crippen LogP) is 7.11. The van der Waals surface area contributed by atoms with E-state index in [9.17, 15) is 32.3 Å². The van der Waals surface area contributed by atoms with Gasteiger partial charge in [-0.3, -0.25) is 24.1 Å². The van der Waals surface area contributed by atoms with Crippen LogP contribution >= 0.6 is 34.7 Å². The Morgan fingerprint density at radius 2 is 1.78 bits per heavy atom. The van der Waals surface area contributed by atoms with E-state index in [0.717, 1.165) is 38.8 Å². The average Bonchev–Trinajstić information content (AvgIpc) is 3.80. The first-order chi connectivity index (χ1) is 23.4. The summed E-state index contributed by atoms with van der Waals surface area (Å²) in [6, 6.07) is 16.8. The van der Waals surface area contributed by atoms with Crippen LogP contribution in [0, 0.1) is 36.5 Å². The molecule has 4 aliphatic rings. The Labute approximate surface area is 291 Å². The van der Waals surface area contributed by atoms with Crippen molar-refractivity contribution in [2.24, 2.45) is 29.6 Å². The second kappa shape index (κ2) is 11.8. The molecule has 2 aliphatic heterocycles. The summed E-state index contributed by atoms with van der Waals surface area (Å²) >= 11 is 9.09. The van der Waals surface area contributed by atoms with E-state index in [2.05, 4.69) is 10.3 Å². The molecule has 3 fully saturated rings. The van der Waals surface area contributed by atoms with Gasteiger partial charge in [-0.1, -0.05) is 47.2 Å². The van der Waals surface area contributed by atoms with Crippen molar-refractivity contribution in [3.8, 4) is 5.75 Å². The van der Waals surface area contributed by atoms with E-state index < -0.39 is 41.3 Å². The standard InChI is InChI=1S/C35H27ClF3N3O5S2/c1-15-5-2-3-8-22(15)40-24(43)14-47-23-10-9-17(36)12-19(23)25-26-20-13-21(29(26)48-31-30(25)49-34(46)41-31)28-27(20)32(44)42(33(28)45)18-7-4-6-16(11-18)35(37,38)39/h2-12,20-21,25-29H,13-14H2,1H3,(H,40,43)(H,41,46)/t20?,21?,25-,26?,27?,28?,29?/m1/s1. The molecule has 0 spiro atoms. The zero-order valence-electron chi connectivity index (χ0n) is 25.6. The van der Waals surface area contributed by atoms with Gasteiger partial charge in [0.05, 0.1) is 28.1 Å². The van der Waals surface area contributed by atoms with E-state index in [0.29, 0.717) is 33.5 Å². The second-order valence-electron chi connectivity index (χ2n) is 12.9. The van der Waals surface area contributed by atoms with Crippen LogP contribution in [0.15, 0.2) is 76.6 Å². The van der Waals surface area contributed by atoms with Crippen LogP contribution < -0.4 is 19.8 Å². The molecule has 2 N–H and O–H groups in total. The molecule has 2 bridgehead atoms. The molecule has 7 atom stereocenters. The lowest BCUT2D eigenvalue weighted by Gasteiger charge is -2.43. The summed E-state index contributed by atoms with van der Waals surface area (Å²) in [7, 11) is 0. The van der Waals surface area contributed by atoms with Gasteiger partial charge < -0.3 is 15.0 Å². The number of amides is 3. The van der Waals surface area contributed by atoms with Crippen molar-refractivity contribution in [2.75, 3.05) is 16.8 Å². The number of alkyl halides is 3. The van der Waals surface area contributed by atoms with Gasteiger partial charge in [-0.15, -0.1) is 11.8 Å². The monoisotopic (exact) mass is 725 g/mol. The number of benzene rings is 3. The fourth-order valence-electron chi connectivity index (χ4n) is 8.38. The number of nitrogens with zero attached hydrogens (tertiary/aromatic N) is 1. The number of hydrogen-bond acceptors (Lipinski definition) is 7. The summed E-state index contributed by atoms with van der Waals surface area (Å²) in [5.74, 6) is -3.62. The molecule has 8 rings (SSSR count). The van der Waals surface area contributed by atoms with Crippen LogP contribution in [0.5, 0.6) is 5.75 Å². The largest absolute Gasteiger partial charge is 0.483 e. The number of nitrogens with one attached hydrogen (secondary N) is 2. The van der Waals surface area contributed by atoms with Crippen LogP contribution in [0.2, 0.25) is 5.02 Å². The van der Waals surface area contributed by atoms with E-state index in [1.807, 2.05) is 25.1 Å². The van der Waals surface area contributed by atoms with Gasteiger partial charge >= 0.3 is 11.0 Å². The molecule has 2 saturated carbocycles. The molecule has 1 saturated heterocycles. The quantitative estimate of drug-likeness (QED) is 0.205. The van der Waals surface area contributed by atoms with E-state index in [1.165, 1.54) is 23.9 Å². The number of carbonyl (C=O) groups is 3. The van der Waals surface area contributed by atoms with Gasteiger partial charge in [0.25, 0.3) is 5.91 Å². The maximum Gasteiger partial charge on any atom is 0.416 e. The highest BCUT2D eigenvalue weighted by molar-refractivity contribution is 8.00. The van der Waals surface area contributed by atoms with E-state index in [-0.39, 0.29) is 46.1 Å². The highest BCUT2D eigenvalue weighted by Crippen LogP contribution is 2.69. The van der Waals surface area contributed by atoms with Gasteiger partial charge in [-0.2, -0.15) is 13.2 Å². The Morgan fingerprint density at radius 1 is 1.02 bits per heavy atom. The molecule has 2 aliphatic carbocycles. The van der Waals surface area contributed by atoms with Gasteiger partial charge in [0.15, 0.2) is 6.61 Å². The van der Waals surface area contributed by atoms with Crippen LogP contribution in [-0.4, -0.2) is 34.6 Å². The zero-order valence-corrected chi connectivity index (χ0v) is 28.0. The number of thioether (sulfide) groups is 1. The summed E-state index contributed by atoms with van der Waals surface area (Å²) in [5, 5.41) is 3.76. The molecule has 6 unspecified atom stereocenters. The highest BCUT2D eigenvalue weighted by atomic mass is 35.5. The molecule has 0 radical (unpaired) electrons. The van der Waals surface area contributed by atoms with Gasteiger partial charge in [0, 0.05) is 32.3 Å². The number of rotatable bonds is 6. The number of carbonyl (C=O) groups excluding carboxylic acids is 3. The molecule has 252 valence electrons. The average molecular weight is 726 g/mol. The first-order valence-corrected chi connectivity index (χ1v) is 17.7. The lowest BCUT2D eigenvalue weighted by molar-refractivity contribution is -0.137. The Balaban J connectivity index is 1.14. The number of hydrogen-bond donors (Lipinski definition) is 2. The van der Waals surface area contributed by atoms with Crippen molar-refractivity contribution < 1.29 is 32.3 Å². The third-order valence-electron chi connectivity index (χ3n) is 10.2. The maximum absolute atomic E-state index is 14.1. The Morgan fingerprint density at radius 3 is 2.53 bits per heavy atom. The fraction of sp³-hybridized carbons (Fsp3) is 0.314. The number of aromatic amines is 1. The number of halogens is 4. The summed E-state index contributed by atoms with van der Waals surface area (Å²) in [5.41, 5.74) is 1.17. The third kappa shape index (κ3) is 5.28. The molecular formula is C35H27ClF3N3O5S2. The summed E-state index contributed by atoms with van der Waals surface area (Å²) in [4.78, 5) is 58.0. The fourth-order valence-corrected chi connectivity index (χ4v) is 11.4. The van der Waals surface area contributed by atoms with Gasteiger partial charge in [0.1, 0.15) is 5.75 Å². The number of H-pyrrole nitrogens is 1. The van der Waals surface area contributed by atoms with Crippen molar-refractivity contribution in [2.45, 2.75) is 35.7 Å². The lowest BCUT2D eigenvalue weighted by atomic mass is 9.68. The SMILES string of the molecule is Cc1ccccc1NC(=O)COc1ccc(Cl)cc1[C@H]1c2sc(=O)[nH]c2SC2C3CC(C4C(=O)N(c5cccc(C(F)(F)F)c5)C(=O)C34)C21. The number of ether oxygens (including phenoxy) is 1. The Kier molecular flexibility index (Phi) is 7.72.